The van der Waals surface area contributed by atoms with E-state index in [-0.39, 0.29) is 40.8 Å². The lowest BCUT2D eigenvalue weighted by atomic mass is 10.1. The molecule has 3 amide bonds. The Morgan fingerprint density at radius 1 is 1.20 bits per heavy atom. The summed E-state index contributed by atoms with van der Waals surface area (Å²) in [4.78, 5) is 53.0. The van der Waals surface area contributed by atoms with E-state index >= 15 is 0 Å². The van der Waals surface area contributed by atoms with Crippen LogP contribution in [0.4, 0.5) is 11.4 Å². The van der Waals surface area contributed by atoms with Crippen LogP contribution >= 0.6 is 0 Å². The molecule has 0 aliphatic carbocycles. The van der Waals surface area contributed by atoms with Crippen LogP contribution in [0.2, 0.25) is 0 Å². The second-order valence-corrected chi connectivity index (χ2v) is 7.42. The highest BCUT2D eigenvalue weighted by Crippen LogP contribution is 2.22. The van der Waals surface area contributed by atoms with Crippen molar-refractivity contribution in [2.24, 2.45) is 0 Å². The molecule has 2 heterocycles. The first-order valence-corrected chi connectivity index (χ1v) is 10.2. The van der Waals surface area contributed by atoms with Crippen molar-refractivity contribution in [1.29, 1.82) is 0 Å². The highest BCUT2D eigenvalue weighted by Gasteiger charge is 2.39. The molecule has 35 heavy (non-hydrogen) atoms. The van der Waals surface area contributed by atoms with Crippen LogP contribution in [-0.4, -0.2) is 77.2 Å². The van der Waals surface area contributed by atoms with Crippen LogP contribution in [0.5, 0.6) is 0 Å². The first-order chi connectivity index (χ1) is 19.2. The molecular weight excluding hydrogens is 458 g/mol. The highest BCUT2D eigenvalue weighted by molar-refractivity contribution is 6.04. The third kappa shape index (κ3) is 5.13. The van der Waals surface area contributed by atoms with Gasteiger partial charge in [-0.15, -0.1) is 0 Å². The van der Waals surface area contributed by atoms with E-state index in [1.54, 1.807) is 0 Å². The Balaban J connectivity index is 1.43. The molecule has 182 valence electrons. The Labute approximate surface area is 207 Å². The fourth-order valence-electron chi connectivity index (χ4n) is 3.42. The minimum atomic E-state index is -3.22. The number of aromatic nitrogens is 2. The average molecular weight is 488 g/mol. The number of benzene rings is 2. The maximum absolute atomic E-state index is 13.1. The zero-order valence-electron chi connectivity index (χ0n) is 23.9. The lowest BCUT2D eigenvalue weighted by Crippen LogP contribution is -2.55. The number of aromatic amines is 1. The molecule has 1 aliphatic rings. The number of ether oxygens (including phenoxy) is 1. The van der Waals surface area contributed by atoms with Gasteiger partial charge in [-0.25, -0.2) is 4.79 Å². The Bertz CT molecular complexity index is 1470. The molecule has 0 radical (unpaired) electrons. The molecule has 0 unspecified atom stereocenters. The summed E-state index contributed by atoms with van der Waals surface area (Å²) in [6.07, 6.45) is -3.46. The van der Waals surface area contributed by atoms with Crippen molar-refractivity contribution < 1.29 is 37.0 Å². The number of aliphatic hydroxyl groups is 1. The van der Waals surface area contributed by atoms with Crippen molar-refractivity contribution in [3.8, 4) is 11.4 Å². The number of hydrogen-bond acceptors (Lipinski definition) is 8. The summed E-state index contributed by atoms with van der Waals surface area (Å²) in [6, 6.07) is 11.0. The summed E-state index contributed by atoms with van der Waals surface area (Å²) in [7, 11) is 0. The zero-order chi connectivity index (χ0) is 30.1. The number of amides is 3. The molecular formula is C23H23N5O7. The molecule has 12 heteroatoms. The van der Waals surface area contributed by atoms with Crippen LogP contribution in [0.25, 0.3) is 11.4 Å². The van der Waals surface area contributed by atoms with Crippen molar-refractivity contribution in [2.45, 2.75) is 12.2 Å². The standard InChI is InChI=1S/C23H23N5O7/c1-27(2)21(31)14-5-9-16(10-6-14)28-11-12-34-18(22(28)32)17(29)20(30)24-15-7-3-13(4-8-15)19-25-23(33)35-26-19/h3-10,17-18,29H,11-12H2,1-2H3,(H,24,30)(H,25,26,33)/t17-,18-/m1/s1/i1D3,2D3. The van der Waals surface area contributed by atoms with Gasteiger partial charge in [-0.1, -0.05) is 5.16 Å². The van der Waals surface area contributed by atoms with Gasteiger partial charge in [-0.05, 0) is 48.5 Å². The first-order valence-electron chi connectivity index (χ1n) is 13.2. The normalized spacial score (nSPS) is 19.9. The minimum Gasteiger partial charge on any atom is -0.380 e. The van der Waals surface area contributed by atoms with Gasteiger partial charge in [0.25, 0.3) is 17.7 Å². The zero-order valence-corrected chi connectivity index (χ0v) is 17.9. The minimum absolute atomic E-state index is 0.0409. The van der Waals surface area contributed by atoms with Gasteiger partial charge in [-0.3, -0.25) is 23.9 Å². The molecule has 0 spiro atoms. The third-order valence-electron chi connectivity index (χ3n) is 5.17. The van der Waals surface area contributed by atoms with Gasteiger partial charge >= 0.3 is 5.76 Å². The molecule has 1 aromatic heterocycles. The van der Waals surface area contributed by atoms with E-state index < -0.39 is 49.6 Å². The van der Waals surface area contributed by atoms with Crippen molar-refractivity contribution in [3.05, 3.63) is 64.6 Å². The summed E-state index contributed by atoms with van der Waals surface area (Å²) < 4.78 is 54.2. The van der Waals surface area contributed by atoms with Crippen LogP contribution in [0.1, 0.15) is 18.6 Å². The van der Waals surface area contributed by atoms with E-state index in [2.05, 4.69) is 20.0 Å². The predicted molar refractivity (Wildman–Crippen MR) is 124 cm³/mol. The Morgan fingerprint density at radius 2 is 1.91 bits per heavy atom. The fraction of sp³-hybridized carbons (Fsp3) is 0.261. The van der Waals surface area contributed by atoms with Crippen molar-refractivity contribution in [2.75, 3.05) is 37.3 Å². The van der Waals surface area contributed by atoms with Gasteiger partial charge in [0, 0.05) is 51.2 Å². The summed E-state index contributed by atoms with van der Waals surface area (Å²) in [5, 5.41) is 16.6. The predicted octanol–water partition coefficient (Wildman–Crippen LogP) is 0.463. The van der Waals surface area contributed by atoms with E-state index in [0.29, 0.717) is 5.56 Å². The number of morpholine rings is 1. The summed E-state index contributed by atoms with van der Waals surface area (Å²) in [5.74, 6) is -3.49. The maximum atomic E-state index is 13.1. The second-order valence-electron chi connectivity index (χ2n) is 7.42. The molecule has 0 saturated carbocycles. The lowest BCUT2D eigenvalue weighted by molar-refractivity contribution is -0.150. The van der Waals surface area contributed by atoms with Gasteiger partial charge in [0.05, 0.1) is 6.61 Å². The average Bonchev–Trinajstić information content (AvgIpc) is 3.33. The fourth-order valence-corrected chi connectivity index (χ4v) is 3.42. The molecule has 4 rings (SSSR count). The van der Waals surface area contributed by atoms with Gasteiger partial charge in [0.15, 0.2) is 18.0 Å². The number of aliphatic hydroxyl groups excluding tert-OH is 1. The van der Waals surface area contributed by atoms with Gasteiger partial charge in [-0.2, -0.15) is 0 Å². The van der Waals surface area contributed by atoms with E-state index in [4.69, 9.17) is 13.0 Å². The van der Waals surface area contributed by atoms with Gasteiger partial charge in [0.2, 0.25) is 0 Å². The number of hydrogen-bond donors (Lipinski definition) is 3. The van der Waals surface area contributed by atoms with Crippen LogP contribution in [-0.2, 0) is 14.3 Å². The smallest absolute Gasteiger partial charge is 0.380 e. The molecule has 1 aliphatic heterocycles. The van der Waals surface area contributed by atoms with Crippen molar-refractivity contribution in [3.63, 3.8) is 0 Å². The number of H-pyrrole nitrogens is 1. The lowest BCUT2D eigenvalue weighted by Gasteiger charge is -2.34. The quantitative estimate of drug-likeness (QED) is 0.452. The summed E-state index contributed by atoms with van der Waals surface area (Å²) >= 11 is 0. The van der Waals surface area contributed by atoms with Crippen molar-refractivity contribution >= 4 is 29.1 Å². The SMILES string of the molecule is [2H]C([2H])([2H])N(C(=O)c1ccc(N2CCO[C@H]([C@@H](O)C(=O)Nc3ccc(-c4noc(=O)[nH]4)cc3)C2=O)cc1)C([2H])([2H])[2H]. The Hall–Kier alpha value is -4.29. The van der Waals surface area contributed by atoms with Crippen LogP contribution in [0.3, 0.4) is 0 Å². The molecule has 0 bridgehead atoms. The van der Waals surface area contributed by atoms with Gasteiger partial charge < -0.3 is 25.0 Å². The van der Waals surface area contributed by atoms with Crippen molar-refractivity contribution in [1.82, 2.24) is 15.0 Å². The molecule has 3 N–H and O–H groups in total. The van der Waals surface area contributed by atoms with Gasteiger partial charge in [0.1, 0.15) is 0 Å². The summed E-state index contributed by atoms with van der Waals surface area (Å²) in [5.41, 5.74) is 0.766. The number of rotatable bonds is 6. The van der Waals surface area contributed by atoms with E-state index in [1.165, 1.54) is 53.4 Å². The topological polar surface area (TPSA) is 158 Å². The number of nitrogens with zero attached hydrogens (tertiary/aromatic N) is 3. The highest BCUT2D eigenvalue weighted by atomic mass is 16.5. The van der Waals surface area contributed by atoms with Crippen LogP contribution in [0.15, 0.2) is 57.8 Å². The number of anilines is 2. The third-order valence-corrected chi connectivity index (χ3v) is 5.17. The Morgan fingerprint density at radius 3 is 2.54 bits per heavy atom. The van der Waals surface area contributed by atoms with E-state index in [1.807, 2.05) is 0 Å². The van der Waals surface area contributed by atoms with Crippen LogP contribution < -0.4 is 16.0 Å². The Kier molecular flexibility index (Phi) is 4.87. The number of carbonyl (C=O) groups is 3. The molecule has 1 fully saturated rings. The molecule has 1 saturated heterocycles. The monoisotopic (exact) mass is 487 g/mol. The van der Waals surface area contributed by atoms with Crippen LogP contribution in [0, 0.1) is 0 Å². The molecule has 3 aromatic rings. The number of carbonyl (C=O) groups excluding carboxylic acids is 3. The largest absolute Gasteiger partial charge is 0.439 e. The van der Waals surface area contributed by atoms with E-state index in [9.17, 15) is 24.3 Å². The molecule has 12 nitrogen and oxygen atoms in total. The maximum Gasteiger partial charge on any atom is 0.439 e. The van der Waals surface area contributed by atoms with E-state index in [0.717, 1.165) is 0 Å². The number of nitrogens with one attached hydrogen (secondary N) is 2. The molecule has 2 atom stereocenters. The second kappa shape index (κ2) is 9.91. The first kappa shape index (κ1) is 17.2. The summed E-state index contributed by atoms with van der Waals surface area (Å²) in [6.45, 7) is -6.44. The molecule has 2 aromatic carbocycles.